The summed E-state index contributed by atoms with van der Waals surface area (Å²) in [5.74, 6) is 0.904. The molecular formula is C19H35IN4OS2. The first-order valence-electron chi connectivity index (χ1n) is 9.40. The van der Waals surface area contributed by atoms with E-state index in [0.717, 1.165) is 51.9 Å². The Kier molecular flexibility index (Phi) is 11.6. The highest BCUT2D eigenvalue weighted by Crippen LogP contribution is 2.28. The molecule has 5 nitrogen and oxygen atoms in total. The van der Waals surface area contributed by atoms with Crippen molar-refractivity contribution in [2.45, 2.75) is 38.5 Å². The van der Waals surface area contributed by atoms with Crippen LogP contribution < -0.4 is 10.6 Å². The molecule has 1 saturated heterocycles. The van der Waals surface area contributed by atoms with E-state index in [-0.39, 0.29) is 28.7 Å². The van der Waals surface area contributed by atoms with Gasteiger partial charge in [-0.2, -0.15) is 11.8 Å². The van der Waals surface area contributed by atoms with Crippen LogP contribution in [-0.2, 0) is 4.74 Å². The third-order valence-electron chi connectivity index (χ3n) is 4.55. The number of thioether (sulfide) groups is 1. The molecule has 1 atom stereocenters. The average molecular weight is 527 g/mol. The van der Waals surface area contributed by atoms with Gasteiger partial charge in [-0.05, 0) is 46.1 Å². The van der Waals surface area contributed by atoms with E-state index in [1.54, 1.807) is 0 Å². The maximum atomic E-state index is 5.55. The number of aryl methyl sites for hydroxylation is 1. The van der Waals surface area contributed by atoms with E-state index < -0.39 is 0 Å². The topological polar surface area (TPSA) is 48.9 Å². The molecular weight excluding hydrogens is 491 g/mol. The van der Waals surface area contributed by atoms with Crippen molar-refractivity contribution in [1.82, 2.24) is 15.5 Å². The lowest BCUT2D eigenvalue weighted by Gasteiger charge is -2.34. The highest BCUT2D eigenvalue weighted by Gasteiger charge is 2.24. The predicted molar refractivity (Wildman–Crippen MR) is 131 cm³/mol. The van der Waals surface area contributed by atoms with Gasteiger partial charge in [-0.15, -0.1) is 35.3 Å². The van der Waals surface area contributed by atoms with Crippen LogP contribution in [0.5, 0.6) is 0 Å². The molecule has 0 aromatic carbocycles. The first-order valence-corrected chi connectivity index (χ1v) is 11.4. The highest BCUT2D eigenvalue weighted by atomic mass is 127. The molecule has 27 heavy (non-hydrogen) atoms. The van der Waals surface area contributed by atoms with E-state index in [9.17, 15) is 0 Å². The molecule has 2 rings (SSSR count). The van der Waals surface area contributed by atoms with E-state index in [4.69, 9.17) is 9.73 Å². The van der Waals surface area contributed by atoms with Crippen molar-refractivity contribution in [1.29, 1.82) is 0 Å². The molecule has 0 amide bonds. The van der Waals surface area contributed by atoms with Gasteiger partial charge in [0.15, 0.2) is 5.96 Å². The number of nitrogens with one attached hydrogen (secondary N) is 2. The Morgan fingerprint density at radius 2 is 2.04 bits per heavy atom. The van der Waals surface area contributed by atoms with Crippen molar-refractivity contribution in [3.8, 4) is 0 Å². The summed E-state index contributed by atoms with van der Waals surface area (Å²) in [6.45, 7) is 14.9. The number of rotatable bonds is 8. The zero-order valence-corrected chi connectivity index (χ0v) is 21.2. The number of nitrogens with zero attached hydrogens (tertiary/aromatic N) is 2. The molecule has 1 fully saturated rings. The second kappa shape index (κ2) is 12.5. The van der Waals surface area contributed by atoms with Crippen molar-refractivity contribution in [2.75, 3.05) is 52.2 Å². The summed E-state index contributed by atoms with van der Waals surface area (Å²) in [6, 6.07) is 4.84. The minimum absolute atomic E-state index is 0. The number of hydrogen-bond acceptors (Lipinski definition) is 5. The minimum atomic E-state index is 0. The van der Waals surface area contributed by atoms with Gasteiger partial charge in [0.1, 0.15) is 0 Å². The van der Waals surface area contributed by atoms with Gasteiger partial charge in [0, 0.05) is 40.7 Å². The molecule has 2 heterocycles. The monoisotopic (exact) mass is 526 g/mol. The van der Waals surface area contributed by atoms with Crippen molar-refractivity contribution in [2.24, 2.45) is 4.99 Å². The van der Waals surface area contributed by atoms with E-state index >= 15 is 0 Å². The summed E-state index contributed by atoms with van der Waals surface area (Å²) >= 11 is 3.74. The summed E-state index contributed by atoms with van der Waals surface area (Å²) in [5.41, 5.74) is 0. The fraction of sp³-hybridized carbons (Fsp3) is 0.737. The van der Waals surface area contributed by atoms with Gasteiger partial charge < -0.3 is 15.4 Å². The molecule has 0 bridgehead atoms. The Balaban J connectivity index is 0.00000364. The first-order chi connectivity index (χ1) is 12.4. The predicted octanol–water partition coefficient (Wildman–Crippen LogP) is 3.74. The summed E-state index contributed by atoms with van der Waals surface area (Å²) in [5, 5.41) is 6.96. The molecule has 0 aliphatic carbocycles. The number of hydrogen-bond donors (Lipinski definition) is 2. The molecule has 1 unspecified atom stereocenters. The quantitative estimate of drug-likeness (QED) is 0.307. The maximum Gasteiger partial charge on any atom is 0.191 e. The van der Waals surface area contributed by atoms with Crippen molar-refractivity contribution >= 4 is 53.0 Å². The van der Waals surface area contributed by atoms with Gasteiger partial charge in [-0.3, -0.25) is 9.89 Å². The zero-order valence-electron chi connectivity index (χ0n) is 17.2. The Hall–Kier alpha value is -0.0300. The van der Waals surface area contributed by atoms with E-state index in [1.165, 1.54) is 9.75 Å². The van der Waals surface area contributed by atoms with Crippen LogP contribution >= 0.6 is 47.1 Å². The standard InChI is InChI=1S/C19H34N4OS2.HI/c1-6-20-18(22-14-19(3,4)25-5)21-13-16(17-8-7-15(2)26-17)23-9-11-24-12-10-23;/h7-8,16H,6,9-14H2,1-5H3,(H2,20,21,22);1H. The summed E-state index contributed by atoms with van der Waals surface area (Å²) in [4.78, 5) is 10.1. The second-order valence-electron chi connectivity index (χ2n) is 7.15. The lowest BCUT2D eigenvalue weighted by Crippen LogP contribution is -2.46. The zero-order chi connectivity index (χ0) is 19.0. The van der Waals surface area contributed by atoms with Crippen LogP contribution in [0.2, 0.25) is 0 Å². The summed E-state index contributed by atoms with van der Waals surface area (Å²) in [6.07, 6.45) is 2.14. The van der Waals surface area contributed by atoms with Crippen LogP contribution in [0.1, 0.15) is 36.6 Å². The largest absolute Gasteiger partial charge is 0.379 e. The number of morpholine rings is 1. The molecule has 2 N–H and O–H groups in total. The van der Waals surface area contributed by atoms with Gasteiger partial charge in [-0.1, -0.05) is 0 Å². The van der Waals surface area contributed by atoms with E-state index in [2.05, 4.69) is 61.6 Å². The molecule has 8 heteroatoms. The van der Waals surface area contributed by atoms with Gasteiger partial charge in [0.05, 0.1) is 25.8 Å². The number of ether oxygens (including phenoxy) is 1. The molecule has 1 aromatic heterocycles. The molecule has 1 aliphatic heterocycles. The van der Waals surface area contributed by atoms with Crippen LogP contribution in [0.15, 0.2) is 17.1 Å². The number of guanidine groups is 1. The van der Waals surface area contributed by atoms with Crippen molar-refractivity contribution < 1.29 is 4.74 Å². The van der Waals surface area contributed by atoms with Gasteiger partial charge in [-0.25, -0.2) is 0 Å². The van der Waals surface area contributed by atoms with Crippen LogP contribution in [0.3, 0.4) is 0 Å². The molecule has 0 radical (unpaired) electrons. The molecule has 156 valence electrons. The second-order valence-corrected chi connectivity index (χ2v) is 9.99. The average Bonchev–Trinajstić information content (AvgIpc) is 3.07. The van der Waals surface area contributed by atoms with Gasteiger partial charge in [0.25, 0.3) is 0 Å². The molecule has 1 aromatic rings. The van der Waals surface area contributed by atoms with Crippen LogP contribution in [0.25, 0.3) is 0 Å². The Morgan fingerprint density at radius 1 is 1.33 bits per heavy atom. The number of halogens is 1. The summed E-state index contributed by atoms with van der Waals surface area (Å²) < 4.78 is 5.70. The lowest BCUT2D eigenvalue weighted by molar-refractivity contribution is 0.0177. The Bertz CT molecular complexity index is 574. The van der Waals surface area contributed by atoms with Gasteiger partial charge in [0.2, 0.25) is 0 Å². The van der Waals surface area contributed by atoms with E-state index in [0.29, 0.717) is 6.04 Å². The summed E-state index contributed by atoms with van der Waals surface area (Å²) in [7, 11) is 0. The normalized spacial score (nSPS) is 17.3. The van der Waals surface area contributed by atoms with Crippen LogP contribution in [0, 0.1) is 6.92 Å². The van der Waals surface area contributed by atoms with Crippen LogP contribution in [-0.4, -0.2) is 67.8 Å². The van der Waals surface area contributed by atoms with E-state index in [1.807, 2.05) is 23.1 Å². The third kappa shape index (κ3) is 8.47. The highest BCUT2D eigenvalue weighted by molar-refractivity contribution is 14.0. The molecule has 1 aliphatic rings. The lowest BCUT2D eigenvalue weighted by atomic mass is 10.2. The van der Waals surface area contributed by atoms with Gasteiger partial charge >= 0.3 is 0 Å². The Labute approximate surface area is 190 Å². The number of aliphatic imine (C=N–C) groups is 1. The smallest absolute Gasteiger partial charge is 0.191 e. The molecule has 0 spiro atoms. The molecule has 0 saturated carbocycles. The number of thiophene rings is 1. The van der Waals surface area contributed by atoms with Crippen LogP contribution in [0.4, 0.5) is 0 Å². The first kappa shape index (κ1) is 25.0. The third-order valence-corrected chi connectivity index (χ3v) is 6.89. The Morgan fingerprint density at radius 3 is 2.59 bits per heavy atom. The fourth-order valence-corrected chi connectivity index (χ4v) is 4.01. The fourth-order valence-electron chi connectivity index (χ4n) is 2.80. The van der Waals surface area contributed by atoms with Crippen molar-refractivity contribution in [3.05, 3.63) is 21.9 Å². The SMILES string of the molecule is CCNC(=NCC(C)(C)SC)NCC(c1ccc(C)s1)N1CCOCC1.I. The van der Waals surface area contributed by atoms with Crippen molar-refractivity contribution in [3.63, 3.8) is 0 Å². The minimum Gasteiger partial charge on any atom is -0.379 e. The maximum absolute atomic E-state index is 5.55.